The van der Waals surface area contributed by atoms with Gasteiger partial charge in [0.05, 0.1) is 18.1 Å². The summed E-state index contributed by atoms with van der Waals surface area (Å²) in [7, 11) is 0. The summed E-state index contributed by atoms with van der Waals surface area (Å²) in [5.41, 5.74) is 3.19. The molecule has 5 aromatic rings. The number of aryl methyl sites for hydroxylation is 1. The Hall–Kier alpha value is -3.88. The van der Waals surface area contributed by atoms with Crippen molar-refractivity contribution in [1.29, 1.82) is 0 Å². The van der Waals surface area contributed by atoms with Gasteiger partial charge in [0.25, 0.3) is 5.91 Å². The van der Waals surface area contributed by atoms with Crippen LogP contribution in [0.5, 0.6) is 0 Å². The normalized spacial score (nSPS) is 19.0. The average molecular weight is 444 g/mol. The molecule has 0 spiro atoms. The quantitative estimate of drug-likeness (QED) is 0.456. The number of hydrogen-bond acceptors (Lipinski definition) is 5. The zero-order chi connectivity index (χ0) is 22.5. The third-order valence-corrected chi connectivity index (χ3v) is 6.89. The van der Waals surface area contributed by atoms with E-state index in [1.54, 1.807) is 10.9 Å². The Kier molecular flexibility index (Phi) is 4.56. The monoisotopic (exact) mass is 443 g/mol. The van der Waals surface area contributed by atoms with Crippen LogP contribution in [0.1, 0.15) is 41.2 Å². The highest BCUT2D eigenvalue weighted by molar-refractivity contribution is 6.02. The van der Waals surface area contributed by atoms with Gasteiger partial charge in [-0.3, -0.25) is 9.48 Å². The molecule has 168 valence electrons. The number of amides is 1. The van der Waals surface area contributed by atoms with Crippen molar-refractivity contribution in [3.63, 3.8) is 0 Å². The molecule has 0 saturated carbocycles. The summed E-state index contributed by atoms with van der Waals surface area (Å²) >= 11 is 0. The summed E-state index contributed by atoms with van der Waals surface area (Å²) in [6.45, 7) is 5.87. The molecule has 2 atom stereocenters. The molecule has 6 heterocycles. The first-order valence-electron chi connectivity index (χ1n) is 11.2. The second kappa shape index (κ2) is 7.61. The number of fused-ring (bicyclic) bond motifs is 3. The fraction of sp³-hybridized carbons (Fsp3) is 0.333. The van der Waals surface area contributed by atoms with Crippen molar-refractivity contribution in [2.75, 3.05) is 13.1 Å². The number of pyridine rings is 1. The number of likely N-dealkylation sites (tertiary alicyclic amines) is 1. The molecule has 1 amide bonds. The predicted molar refractivity (Wildman–Crippen MR) is 123 cm³/mol. The summed E-state index contributed by atoms with van der Waals surface area (Å²) in [5, 5.41) is 10.6. The van der Waals surface area contributed by atoms with E-state index >= 15 is 0 Å². The molecular formula is C24H25N7O2. The van der Waals surface area contributed by atoms with Crippen LogP contribution in [0.15, 0.2) is 53.7 Å². The third-order valence-electron chi connectivity index (χ3n) is 6.89. The number of hydrogen-bond donors (Lipinski definition) is 1. The Morgan fingerprint density at radius 3 is 3.06 bits per heavy atom. The van der Waals surface area contributed by atoms with Gasteiger partial charge in [-0.15, -0.1) is 0 Å². The molecule has 1 aliphatic rings. The van der Waals surface area contributed by atoms with Gasteiger partial charge in [0, 0.05) is 60.4 Å². The summed E-state index contributed by atoms with van der Waals surface area (Å²) in [6.07, 6.45) is 10.5. The minimum Gasteiger partial charge on any atom is -0.361 e. The summed E-state index contributed by atoms with van der Waals surface area (Å²) in [5.74, 6) is 0.986. The second-order valence-corrected chi connectivity index (χ2v) is 8.88. The Morgan fingerprint density at radius 2 is 2.21 bits per heavy atom. The van der Waals surface area contributed by atoms with E-state index in [9.17, 15) is 4.79 Å². The van der Waals surface area contributed by atoms with Crippen molar-refractivity contribution in [2.24, 2.45) is 5.92 Å². The molecule has 1 aliphatic heterocycles. The van der Waals surface area contributed by atoms with Crippen LogP contribution in [0.4, 0.5) is 0 Å². The van der Waals surface area contributed by atoms with Crippen LogP contribution >= 0.6 is 0 Å². The minimum absolute atomic E-state index is 0.0872. The van der Waals surface area contributed by atoms with Gasteiger partial charge in [-0.05, 0) is 37.5 Å². The summed E-state index contributed by atoms with van der Waals surface area (Å²) in [6, 6.07) is 6.19. The number of rotatable bonds is 4. The molecule has 1 fully saturated rings. The van der Waals surface area contributed by atoms with Crippen molar-refractivity contribution < 1.29 is 9.32 Å². The van der Waals surface area contributed by atoms with Gasteiger partial charge >= 0.3 is 0 Å². The lowest BCUT2D eigenvalue weighted by Gasteiger charge is -2.38. The molecule has 9 heteroatoms. The number of nitrogens with zero attached hydrogens (tertiary/aromatic N) is 6. The molecule has 1 N–H and O–H groups in total. The first-order chi connectivity index (χ1) is 16.1. The maximum Gasteiger partial charge on any atom is 0.276 e. The fourth-order valence-electron chi connectivity index (χ4n) is 4.98. The lowest BCUT2D eigenvalue weighted by atomic mass is 9.92. The molecular weight excluding hydrogens is 418 g/mol. The number of piperidine rings is 1. The number of aromatic amines is 1. The van der Waals surface area contributed by atoms with Crippen LogP contribution in [0.3, 0.4) is 0 Å². The zero-order valence-electron chi connectivity index (χ0n) is 18.6. The topological polar surface area (TPSA) is 97.8 Å². The van der Waals surface area contributed by atoms with Gasteiger partial charge in [-0.25, -0.2) is 4.98 Å². The van der Waals surface area contributed by atoms with Gasteiger partial charge in [0.2, 0.25) is 0 Å². The fourth-order valence-corrected chi connectivity index (χ4v) is 4.98. The molecule has 0 radical (unpaired) electrons. The average Bonchev–Trinajstić information content (AvgIpc) is 3.61. The predicted octanol–water partition coefficient (Wildman–Crippen LogP) is 3.78. The molecule has 1 saturated heterocycles. The Labute approximate surface area is 190 Å². The van der Waals surface area contributed by atoms with Crippen molar-refractivity contribution >= 4 is 27.8 Å². The minimum atomic E-state index is -0.0872. The summed E-state index contributed by atoms with van der Waals surface area (Å²) < 4.78 is 9.51. The first kappa shape index (κ1) is 19.8. The Bertz CT molecular complexity index is 1440. The zero-order valence-corrected chi connectivity index (χ0v) is 18.6. The van der Waals surface area contributed by atoms with E-state index in [-0.39, 0.29) is 11.9 Å². The van der Waals surface area contributed by atoms with E-state index in [1.807, 2.05) is 36.5 Å². The molecule has 5 aromatic heterocycles. The molecule has 0 bridgehead atoms. The van der Waals surface area contributed by atoms with Crippen LogP contribution in [0.2, 0.25) is 0 Å². The molecule has 0 aliphatic carbocycles. The van der Waals surface area contributed by atoms with Crippen molar-refractivity contribution in [2.45, 2.75) is 32.9 Å². The highest BCUT2D eigenvalue weighted by Crippen LogP contribution is 2.34. The highest BCUT2D eigenvalue weighted by Gasteiger charge is 2.34. The number of carbonyl (C=O) groups excluding carboxylic acids is 1. The van der Waals surface area contributed by atoms with Gasteiger partial charge in [-0.1, -0.05) is 12.1 Å². The number of carbonyl (C=O) groups is 1. The second-order valence-electron chi connectivity index (χ2n) is 8.88. The van der Waals surface area contributed by atoms with E-state index in [2.05, 4.69) is 50.0 Å². The SMILES string of the molecule is Cc1onc(C(=O)N2CC[C@@H](C)[C@@H](n3ccc4cnc5[nH]ccc5c43)C2)c1Cn1cccn1. The number of nitrogens with one attached hydrogen (secondary N) is 1. The Morgan fingerprint density at radius 1 is 1.30 bits per heavy atom. The molecule has 0 aromatic carbocycles. The van der Waals surface area contributed by atoms with Gasteiger partial charge < -0.3 is 19.0 Å². The van der Waals surface area contributed by atoms with E-state index in [1.165, 1.54) is 0 Å². The molecule has 0 unspecified atom stereocenters. The van der Waals surface area contributed by atoms with Crippen LogP contribution in [0, 0.1) is 12.8 Å². The van der Waals surface area contributed by atoms with E-state index < -0.39 is 0 Å². The van der Waals surface area contributed by atoms with Crippen LogP contribution in [-0.4, -0.2) is 53.4 Å². The van der Waals surface area contributed by atoms with Gasteiger partial charge in [-0.2, -0.15) is 5.10 Å². The maximum absolute atomic E-state index is 13.6. The van der Waals surface area contributed by atoms with Crippen LogP contribution in [0.25, 0.3) is 21.9 Å². The van der Waals surface area contributed by atoms with Gasteiger partial charge in [0.1, 0.15) is 11.4 Å². The maximum atomic E-state index is 13.6. The van der Waals surface area contributed by atoms with Crippen LogP contribution < -0.4 is 0 Å². The first-order valence-corrected chi connectivity index (χ1v) is 11.2. The standard InChI is InChI=1S/C24H25N7O2/c1-15-5-10-29(24(32)21-19(16(2)33-28-21)13-30-9-3-7-27-30)14-20(15)31-11-6-17-12-26-23-18(22(17)31)4-8-25-23/h3-4,6-9,11-12,15,20H,5,10,13-14H2,1-2H3,(H,25,26)/t15-,20+/m1/s1. The smallest absolute Gasteiger partial charge is 0.276 e. The van der Waals surface area contributed by atoms with Crippen molar-refractivity contribution in [1.82, 2.24) is 34.4 Å². The van der Waals surface area contributed by atoms with E-state index in [4.69, 9.17) is 4.52 Å². The summed E-state index contributed by atoms with van der Waals surface area (Å²) in [4.78, 5) is 23.2. The molecule has 9 nitrogen and oxygen atoms in total. The Balaban J connectivity index is 1.33. The number of aromatic nitrogens is 6. The van der Waals surface area contributed by atoms with Gasteiger partial charge in [0.15, 0.2) is 5.69 Å². The largest absolute Gasteiger partial charge is 0.361 e. The molecule has 6 rings (SSSR count). The highest BCUT2D eigenvalue weighted by atomic mass is 16.5. The number of H-pyrrole nitrogens is 1. The van der Waals surface area contributed by atoms with E-state index in [0.29, 0.717) is 37.0 Å². The lowest BCUT2D eigenvalue weighted by Crippen LogP contribution is -2.44. The third kappa shape index (κ3) is 3.23. The van der Waals surface area contributed by atoms with E-state index in [0.717, 1.165) is 33.9 Å². The lowest BCUT2D eigenvalue weighted by molar-refractivity contribution is 0.0614. The van der Waals surface area contributed by atoms with Crippen LogP contribution in [-0.2, 0) is 6.54 Å². The van der Waals surface area contributed by atoms with Crippen molar-refractivity contribution in [3.05, 3.63) is 66.2 Å². The molecule has 33 heavy (non-hydrogen) atoms. The van der Waals surface area contributed by atoms with Crippen molar-refractivity contribution in [3.8, 4) is 0 Å².